The van der Waals surface area contributed by atoms with Crippen molar-refractivity contribution in [1.82, 2.24) is 21.2 Å². The zero-order chi connectivity index (χ0) is 27.9. The third-order valence-electron chi connectivity index (χ3n) is 7.67. The molecule has 1 aliphatic rings. The molecule has 39 heavy (non-hydrogen) atoms. The van der Waals surface area contributed by atoms with Gasteiger partial charge in [-0.3, -0.25) is 15.2 Å². The number of nitrogens with zero attached hydrogens (tertiary/aromatic N) is 1. The molecule has 214 valence electrons. The molecule has 1 aliphatic carbocycles. The van der Waals surface area contributed by atoms with Crippen LogP contribution in [0.4, 0.5) is 0 Å². The molecule has 1 aromatic heterocycles. The Morgan fingerprint density at radius 1 is 0.974 bits per heavy atom. The normalized spacial score (nSPS) is 17.2. The Morgan fingerprint density at radius 2 is 1.72 bits per heavy atom. The fraction of sp³-hybridized carbons (Fsp3) is 0.581. The minimum absolute atomic E-state index is 0.228. The van der Waals surface area contributed by atoms with Crippen LogP contribution in [0.15, 0.2) is 54.7 Å². The van der Waals surface area contributed by atoms with Gasteiger partial charge < -0.3 is 15.5 Å². The van der Waals surface area contributed by atoms with Crippen molar-refractivity contribution >= 4 is 11.9 Å². The Hall–Kier alpha value is -2.81. The highest BCUT2D eigenvalue weighted by atomic mass is 16.4. The number of benzene rings is 1. The summed E-state index contributed by atoms with van der Waals surface area (Å²) in [7, 11) is 0. The molecule has 1 saturated carbocycles. The topological polar surface area (TPSA) is 124 Å². The summed E-state index contributed by atoms with van der Waals surface area (Å²) in [6.07, 6.45) is 11.7. The summed E-state index contributed by atoms with van der Waals surface area (Å²) in [5, 5.41) is 23.5. The second-order valence-electron chi connectivity index (χ2n) is 10.8. The van der Waals surface area contributed by atoms with E-state index in [1.165, 1.54) is 19.3 Å². The number of aryl methyl sites for hydroxylation is 1. The van der Waals surface area contributed by atoms with Crippen molar-refractivity contribution < 1.29 is 19.8 Å². The van der Waals surface area contributed by atoms with Crippen LogP contribution in [0.2, 0.25) is 0 Å². The number of aliphatic carboxylic acids is 1. The zero-order valence-electron chi connectivity index (χ0n) is 23.2. The first-order valence-corrected chi connectivity index (χ1v) is 14.6. The van der Waals surface area contributed by atoms with Gasteiger partial charge in [0.2, 0.25) is 5.91 Å². The van der Waals surface area contributed by atoms with Crippen LogP contribution in [0.5, 0.6) is 0 Å². The van der Waals surface area contributed by atoms with Crippen molar-refractivity contribution in [3.63, 3.8) is 0 Å². The summed E-state index contributed by atoms with van der Waals surface area (Å²) in [6.45, 7) is 1.90. The summed E-state index contributed by atoms with van der Waals surface area (Å²) in [5.41, 5.74) is 8.51. The molecule has 0 unspecified atom stereocenters. The van der Waals surface area contributed by atoms with Gasteiger partial charge in [0.15, 0.2) is 0 Å². The van der Waals surface area contributed by atoms with Crippen molar-refractivity contribution in [3.8, 4) is 0 Å². The van der Waals surface area contributed by atoms with Crippen LogP contribution in [0.25, 0.3) is 0 Å². The van der Waals surface area contributed by atoms with E-state index in [1.54, 1.807) is 6.20 Å². The number of carbonyl (C=O) groups is 2. The molecule has 8 heteroatoms. The van der Waals surface area contributed by atoms with E-state index in [4.69, 9.17) is 0 Å². The van der Waals surface area contributed by atoms with Gasteiger partial charge in [-0.2, -0.15) is 0 Å². The third kappa shape index (κ3) is 11.1. The number of aromatic nitrogens is 1. The van der Waals surface area contributed by atoms with Gasteiger partial charge in [0.05, 0.1) is 6.10 Å². The van der Waals surface area contributed by atoms with Crippen molar-refractivity contribution in [2.45, 2.75) is 108 Å². The van der Waals surface area contributed by atoms with E-state index < -0.39 is 24.2 Å². The average Bonchev–Trinajstić information content (AvgIpc) is 2.95. The minimum Gasteiger partial charge on any atom is -0.480 e. The smallest absolute Gasteiger partial charge is 0.326 e. The first-order valence-electron chi connectivity index (χ1n) is 14.6. The van der Waals surface area contributed by atoms with Gasteiger partial charge in [-0.05, 0) is 62.1 Å². The van der Waals surface area contributed by atoms with E-state index in [0.29, 0.717) is 31.6 Å². The van der Waals surface area contributed by atoms with Crippen LogP contribution in [-0.2, 0) is 22.4 Å². The first kappa shape index (κ1) is 30.7. The quantitative estimate of drug-likeness (QED) is 0.192. The van der Waals surface area contributed by atoms with Crippen molar-refractivity contribution in [2.75, 3.05) is 0 Å². The van der Waals surface area contributed by atoms with Crippen LogP contribution >= 0.6 is 0 Å². The minimum atomic E-state index is -1.03. The fourth-order valence-electron chi connectivity index (χ4n) is 5.42. The molecular formula is C31H46N4O4. The number of nitrogens with one attached hydrogen (secondary N) is 3. The number of hydrogen-bond acceptors (Lipinski definition) is 6. The Labute approximate surface area is 233 Å². The van der Waals surface area contributed by atoms with Gasteiger partial charge in [0, 0.05) is 17.9 Å². The molecule has 1 fully saturated rings. The number of carboxylic acid groups (broad SMARTS) is 1. The largest absolute Gasteiger partial charge is 0.480 e. The second-order valence-corrected chi connectivity index (χ2v) is 10.8. The van der Waals surface area contributed by atoms with Crippen LogP contribution in [0, 0.1) is 5.92 Å². The maximum absolute atomic E-state index is 13.3. The predicted octanol–water partition coefficient (Wildman–Crippen LogP) is 4.18. The number of amides is 1. The highest BCUT2D eigenvalue weighted by Gasteiger charge is 2.28. The van der Waals surface area contributed by atoms with Gasteiger partial charge in [0.25, 0.3) is 0 Å². The number of rotatable bonds is 17. The van der Waals surface area contributed by atoms with E-state index in [0.717, 1.165) is 43.4 Å². The first-order chi connectivity index (χ1) is 19.0. The molecule has 8 nitrogen and oxygen atoms in total. The van der Waals surface area contributed by atoms with E-state index in [9.17, 15) is 19.8 Å². The van der Waals surface area contributed by atoms with E-state index in [-0.39, 0.29) is 11.9 Å². The maximum atomic E-state index is 13.3. The van der Waals surface area contributed by atoms with E-state index >= 15 is 0 Å². The van der Waals surface area contributed by atoms with E-state index in [1.807, 2.05) is 55.5 Å². The predicted molar refractivity (Wildman–Crippen MR) is 153 cm³/mol. The van der Waals surface area contributed by atoms with Crippen LogP contribution in [0.1, 0.15) is 82.4 Å². The molecule has 1 amide bonds. The highest BCUT2D eigenvalue weighted by molar-refractivity contribution is 5.87. The Balaban J connectivity index is 1.67. The lowest BCUT2D eigenvalue weighted by molar-refractivity contribution is -0.142. The summed E-state index contributed by atoms with van der Waals surface area (Å²) in [6, 6.07) is 13.7. The number of pyridine rings is 1. The lowest BCUT2D eigenvalue weighted by atomic mass is 9.83. The standard InChI is InChI=1S/C31H46N4O4/c1-2-12-26(31(38)39)33-30(37)28(22-24-15-7-4-8-16-24)35-34-27(21-23-13-5-3-6-14-23)29(36)19-11-18-25-17-9-10-20-32-25/h4,7-10,15-17,20,23,26-29,34-36H,2-3,5-6,11-14,18-19,21-22H2,1H3,(H,33,37)(H,38,39)/t26-,27-,28-,29-/m0/s1. The fourth-order valence-corrected chi connectivity index (χ4v) is 5.42. The van der Waals surface area contributed by atoms with Crippen molar-refractivity contribution in [1.29, 1.82) is 0 Å². The van der Waals surface area contributed by atoms with Crippen LogP contribution in [-0.4, -0.2) is 51.3 Å². The summed E-state index contributed by atoms with van der Waals surface area (Å²) < 4.78 is 0. The summed E-state index contributed by atoms with van der Waals surface area (Å²) in [5.74, 6) is -0.866. The number of carbonyl (C=O) groups excluding carboxylic acids is 1. The van der Waals surface area contributed by atoms with Gasteiger partial charge in [0.1, 0.15) is 12.1 Å². The Kier molecular flexibility index (Phi) is 13.4. The molecule has 1 heterocycles. The number of aliphatic hydroxyl groups is 1. The van der Waals surface area contributed by atoms with Crippen molar-refractivity contribution in [2.24, 2.45) is 5.92 Å². The Bertz CT molecular complexity index is 969. The maximum Gasteiger partial charge on any atom is 0.326 e. The lowest BCUT2D eigenvalue weighted by Crippen LogP contribution is -2.58. The van der Waals surface area contributed by atoms with Crippen LogP contribution in [0.3, 0.4) is 0 Å². The monoisotopic (exact) mass is 538 g/mol. The number of hydrazine groups is 1. The molecule has 2 aromatic rings. The van der Waals surface area contributed by atoms with Gasteiger partial charge in [-0.25, -0.2) is 10.2 Å². The second kappa shape index (κ2) is 17.0. The molecule has 0 radical (unpaired) electrons. The SMILES string of the molecule is CCC[C@H](NC(=O)[C@H](Cc1ccccc1)NN[C@@H](CC1CCCCC1)[C@@H](O)CCCc1ccccn1)C(=O)O. The number of aliphatic hydroxyl groups excluding tert-OH is 1. The Morgan fingerprint density at radius 3 is 2.38 bits per heavy atom. The highest BCUT2D eigenvalue weighted by Crippen LogP contribution is 2.28. The van der Waals surface area contributed by atoms with Gasteiger partial charge in [-0.15, -0.1) is 0 Å². The number of hydrogen-bond donors (Lipinski definition) is 5. The van der Waals surface area contributed by atoms with Crippen LogP contribution < -0.4 is 16.2 Å². The molecule has 0 aliphatic heterocycles. The molecule has 3 rings (SSSR count). The molecule has 0 saturated heterocycles. The molecule has 1 aromatic carbocycles. The lowest BCUT2D eigenvalue weighted by Gasteiger charge is -2.32. The molecule has 0 spiro atoms. The molecule has 5 N–H and O–H groups in total. The van der Waals surface area contributed by atoms with Gasteiger partial charge in [-0.1, -0.05) is 81.8 Å². The summed E-state index contributed by atoms with van der Waals surface area (Å²) >= 11 is 0. The molecule has 0 bridgehead atoms. The van der Waals surface area contributed by atoms with E-state index in [2.05, 4.69) is 21.2 Å². The van der Waals surface area contributed by atoms with Gasteiger partial charge >= 0.3 is 5.97 Å². The molecular weight excluding hydrogens is 492 g/mol. The number of carboxylic acids is 1. The average molecular weight is 539 g/mol. The molecule has 4 atom stereocenters. The third-order valence-corrected chi connectivity index (χ3v) is 7.67. The van der Waals surface area contributed by atoms with Crippen molar-refractivity contribution in [3.05, 3.63) is 66.0 Å². The zero-order valence-corrected chi connectivity index (χ0v) is 23.2. The summed E-state index contributed by atoms with van der Waals surface area (Å²) in [4.78, 5) is 29.4.